The molecule has 3 rings (SSSR count). The third-order valence-corrected chi connectivity index (χ3v) is 4.79. The molecule has 8 nitrogen and oxygen atoms in total. The van der Waals surface area contributed by atoms with Gasteiger partial charge in [0.2, 0.25) is 0 Å². The zero-order valence-corrected chi connectivity index (χ0v) is 17.7. The Bertz CT molecular complexity index is 879. The predicted molar refractivity (Wildman–Crippen MR) is 110 cm³/mol. The maximum atomic E-state index is 12.9. The number of aromatic nitrogens is 2. The molecule has 1 fully saturated rings. The van der Waals surface area contributed by atoms with Gasteiger partial charge >= 0.3 is 6.09 Å². The second kappa shape index (κ2) is 8.32. The molecule has 0 amide bonds. The lowest BCUT2D eigenvalue weighted by molar-refractivity contribution is 0.0491. The van der Waals surface area contributed by atoms with Gasteiger partial charge in [0.1, 0.15) is 11.3 Å². The normalized spacial score (nSPS) is 15.2. The van der Waals surface area contributed by atoms with Crippen LogP contribution >= 0.6 is 0 Å². The number of nitrogens with two attached hydrogens (primary N) is 1. The molecule has 1 aliphatic rings. The van der Waals surface area contributed by atoms with Gasteiger partial charge in [-0.25, -0.2) is 4.79 Å². The first-order chi connectivity index (χ1) is 13.7. The summed E-state index contributed by atoms with van der Waals surface area (Å²) in [6, 6.07) is 5.42. The van der Waals surface area contributed by atoms with Crippen molar-refractivity contribution in [3.63, 3.8) is 0 Å². The Morgan fingerprint density at radius 2 is 1.83 bits per heavy atom. The average molecular weight is 403 g/mol. The molecule has 0 saturated carbocycles. The van der Waals surface area contributed by atoms with E-state index in [-0.39, 0.29) is 5.92 Å². The van der Waals surface area contributed by atoms with Gasteiger partial charge in [-0.15, -0.1) is 0 Å². The Hall–Kier alpha value is -2.74. The highest BCUT2D eigenvalue weighted by Crippen LogP contribution is 2.39. The van der Waals surface area contributed by atoms with E-state index in [2.05, 4.69) is 5.10 Å². The molecule has 1 aromatic heterocycles. The van der Waals surface area contributed by atoms with E-state index in [0.29, 0.717) is 41.8 Å². The van der Waals surface area contributed by atoms with Crippen LogP contribution in [0, 0.1) is 0 Å². The van der Waals surface area contributed by atoms with E-state index in [1.165, 1.54) is 4.68 Å². The summed E-state index contributed by atoms with van der Waals surface area (Å²) < 4.78 is 23.1. The topological polar surface area (TPSA) is 97.8 Å². The minimum Gasteiger partial charge on any atom is -0.493 e. The fourth-order valence-electron chi connectivity index (χ4n) is 3.45. The molecule has 0 aliphatic carbocycles. The number of hydrogen-bond acceptors (Lipinski definition) is 7. The van der Waals surface area contributed by atoms with E-state index in [9.17, 15) is 4.79 Å². The van der Waals surface area contributed by atoms with Gasteiger partial charge in [-0.05, 0) is 51.8 Å². The van der Waals surface area contributed by atoms with Gasteiger partial charge in [0.05, 0.1) is 25.6 Å². The van der Waals surface area contributed by atoms with Crippen LogP contribution in [0.15, 0.2) is 18.2 Å². The number of ether oxygens (including phenoxy) is 4. The van der Waals surface area contributed by atoms with E-state index in [4.69, 9.17) is 24.7 Å². The number of nitrogens with zero attached hydrogens (tertiary/aromatic N) is 2. The highest BCUT2D eigenvalue weighted by atomic mass is 16.6. The minimum atomic E-state index is -0.645. The molecule has 1 aromatic carbocycles. The van der Waals surface area contributed by atoms with E-state index >= 15 is 0 Å². The molecule has 0 bridgehead atoms. The lowest BCUT2D eigenvalue weighted by Crippen LogP contribution is -2.30. The summed E-state index contributed by atoms with van der Waals surface area (Å²) in [6.45, 7) is 6.70. The van der Waals surface area contributed by atoms with Crippen molar-refractivity contribution in [1.82, 2.24) is 9.78 Å². The third-order valence-electron chi connectivity index (χ3n) is 4.79. The van der Waals surface area contributed by atoms with Crippen LogP contribution in [-0.2, 0) is 9.47 Å². The van der Waals surface area contributed by atoms with Gasteiger partial charge < -0.3 is 24.7 Å². The van der Waals surface area contributed by atoms with Crippen LogP contribution in [0.2, 0.25) is 0 Å². The molecule has 0 spiro atoms. The molecule has 29 heavy (non-hydrogen) atoms. The predicted octanol–water partition coefficient (Wildman–Crippen LogP) is 3.83. The molecule has 2 aromatic rings. The first kappa shape index (κ1) is 21.0. The van der Waals surface area contributed by atoms with Crippen molar-refractivity contribution in [3.05, 3.63) is 23.9 Å². The van der Waals surface area contributed by atoms with Crippen LogP contribution in [0.25, 0.3) is 11.3 Å². The monoisotopic (exact) mass is 403 g/mol. The summed E-state index contributed by atoms with van der Waals surface area (Å²) in [6.07, 6.45) is 0.992. The van der Waals surface area contributed by atoms with Gasteiger partial charge in [0, 0.05) is 24.7 Å². The molecular formula is C21H29N3O5. The average Bonchev–Trinajstić information content (AvgIpc) is 3.04. The Morgan fingerprint density at radius 3 is 2.41 bits per heavy atom. The van der Waals surface area contributed by atoms with Crippen LogP contribution < -0.4 is 15.2 Å². The van der Waals surface area contributed by atoms with E-state index < -0.39 is 11.7 Å². The highest BCUT2D eigenvalue weighted by Gasteiger charge is 2.31. The second-order valence-corrected chi connectivity index (χ2v) is 8.00. The van der Waals surface area contributed by atoms with E-state index in [1.54, 1.807) is 26.4 Å². The van der Waals surface area contributed by atoms with Crippen LogP contribution in [0.5, 0.6) is 11.5 Å². The van der Waals surface area contributed by atoms with E-state index in [1.807, 2.05) is 26.8 Å². The molecule has 1 aliphatic heterocycles. The second-order valence-electron chi connectivity index (χ2n) is 8.00. The first-order valence-electron chi connectivity index (χ1n) is 9.67. The summed E-state index contributed by atoms with van der Waals surface area (Å²) in [5, 5.41) is 4.55. The largest absolute Gasteiger partial charge is 0.493 e. The van der Waals surface area contributed by atoms with Crippen LogP contribution in [0.1, 0.15) is 45.2 Å². The molecule has 1 saturated heterocycles. The number of benzene rings is 1. The van der Waals surface area contributed by atoms with Crippen molar-refractivity contribution in [2.75, 3.05) is 33.2 Å². The zero-order valence-electron chi connectivity index (χ0n) is 17.7. The summed E-state index contributed by atoms with van der Waals surface area (Å²) in [4.78, 5) is 12.9. The maximum Gasteiger partial charge on any atom is 0.435 e. The standard InChI is InChI=1S/C21H29N3O5/c1-21(2,3)29-20(25)24-19(13-8-10-28-11-9-13)17(22)18(23-24)14-6-7-15(26-4)16(12-14)27-5/h6-7,12-13H,8-11,22H2,1-5H3. The van der Waals surface area contributed by atoms with Crippen LogP contribution in [0.4, 0.5) is 10.5 Å². The summed E-state index contributed by atoms with van der Waals surface area (Å²) in [5.41, 5.74) is 8.27. The molecular weight excluding hydrogens is 374 g/mol. The molecule has 158 valence electrons. The van der Waals surface area contributed by atoms with Crippen molar-refractivity contribution in [1.29, 1.82) is 0 Å². The van der Waals surface area contributed by atoms with Crippen LogP contribution in [0.3, 0.4) is 0 Å². The zero-order chi connectivity index (χ0) is 21.2. The third kappa shape index (κ3) is 4.48. The molecule has 2 heterocycles. The van der Waals surface area contributed by atoms with Crippen molar-refractivity contribution in [2.24, 2.45) is 0 Å². The number of carbonyl (C=O) groups excluding carboxylic acids is 1. The number of carbonyl (C=O) groups is 1. The molecule has 8 heteroatoms. The van der Waals surface area contributed by atoms with E-state index in [0.717, 1.165) is 18.4 Å². The Morgan fingerprint density at radius 1 is 1.17 bits per heavy atom. The summed E-state index contributed by atoms with van der Waals surface area (Å²) in [7, 11) is 3.14. The van der Waals surface area contributed by atoms with Gasteiger partial charge in [-0.1, -0.05) is 0 Å². The quantitative estimate of drug-likeness (QED) is 0.828. The Kier molecular flexibility index (Phi) is 6.02. The van der Waals surface area contributed by atoms with Crippen molar-refractivity contribution < 1.29 is 23.7 Å². The number of hydrogen-bond donors (Lipinski definition) is 1. The fraction of sp³-hybridized carbons (Fsp3) is 0.524. The van der Waals surface area contributed by atoms with Crippen LogP contribution in [-0.4, -0.2) is 48.9 Å². The minimum absolute atomic E-state index is 0.0673. The SMILES string of the molecule is COc1ccc(-c2nn(C(=O)OC(C)(C)C)c(C3CCOCC3)c2N)cc1OC. The Labute approximate surface area is 170 Å². The molecule has 0 unspecified atom stereocenters. The lowest BCUT2D eigenvalue weighted by atomic mass is 9.94. The van der Waals surface area contributed by atoms with Gasteiger partial charge in [0.25, 0.3) is 0 Å². The number of nitrogen functional groups attached to an aromatic ring is 1. The van der Waals surface area contributed by atoms with Gasteiger partial charge in [-0.2, -0.15) is 9.78 Å². The first-order valence-corrected chi connectivity index (χ1v) is 9.67. The Balaban J connectivity index is 2.10. The molecule has 2 N–H and O–H groups in total. The number of anilines is 1. The van der Waals surface area contributed by atoms with Gasteiger partial charge in [0.15, 0.2) is 11.5 Å². The van der Waals surface area contributed by atoms with Crippen molar-refractivity contribution in [3.8, 4) is 22.8 Å². The number of rotatable bonds is 4. The number of methoxy groups -OCH3 is 2. The van der Waals surface area contributed by atoms with Crippen molar-refractivity contribution in [2.45, 2.75) is 45.1 Å². The summed E-state index contributed by atoms with van der Waals surface area (Å²) >= 11 is 0. The molecule has 0 atom stereocenters. The maximum absolute atomic E-state index is 12.9. The molecule has 0 radical (unpaired) electrons. The fourth-order valence-corrected chi connectivity index (χ4v) is 3.45. The highest BCUT2D eigenvalue weighted by molar-refractivity contribution is 5.82. The summed E-state index contributed by atoms with van der Waals surface area (Å²) in [5.74, 6) is 1.23. The van der Waals surface area contributed by atoms with Crippen molar-refractivity contribution >= 4 is 11.8 Å². The lowest BCUT2D eigenvalue weighted by Gasteiger charge is -2.24. The van der Waals surface area contributed by atoms with Gasteiger partial charge in [-0.3, -0.25) is 0 Å². The smallest absolute Gasteiger partial charge is 0.435 e.